The molecule has 0 aliphatic rings. The molecule has 0 spiro atoms. The van der Waals surface area contributed by atoms with Gasteiger partial charge in [0.25, 0.3) is 5.91 Å². The normalized spacial score (nSPS) is 11.0. The molecule has 4 aromatic rings. The summed E-state index contributed by atoms with van der Waals surface area (Å²) in [4.78, 5) is 20.0. The molecule has 154 valence electrons. The highest BCUT2D eigenvalue weighted by molar-refractivity contribution is 7.17. The Kier molecular flexibility index (Phi) is 6.11. The van der Waals surface area contributed by atoms with Gasteiger partial charge in [-0.15, -0.1) is 11.3 Å². The number of rotatable bonds is 7. The molecule has 3 heterocycles. The second kappa shape index (κ2) is 8.93. The van der Waals surface area contributed by atoms with Crippen molar-refractivity contribution in [2.45, 2.75) is 19.8 Å². The number of hydrogen-bond donors (Lipinski definition) is 0. The Balaban J connectivity index is 1.36. The number of carbonyl (C=O) groups is 1. The van der Waals surface area contributed by atoms with Crippen LogP contribution in [0.1, 0.15) is 27.5 Å². The summed E-state index contributed by atoms with van der Waals surface area (Å²) in [5.74, 6) is 0.0393. The molecule has 5 nitrogen and oxygen atoms in total. The van der Waals surface area contributed by atoms with E-state index in [-0.39, 0.29) is 5.91 Å². The first-order chi connectivity index (χ1) is 14.5. The molecular weight excluding hydrogens is 412 g/mol. The molecular formula is C23H24N4OS2. The highest BCUT2D eigenvalue weighted by Crippen LogP contribution is 2.30. The number of carbonyl (C=O) groups excluding carboxylic acids is 1. The summed E-state index contributed by atoms with van der Waals surface area (Å²) >= 11 is 3.11. The Morgan fingerprint density at radius 2 is 1.97 bits per heavy atom. The van der Waals surface area contributed by atoms with Crippen LogP contribution in [0.15, 0.2) is 53.2 Å². The van der Waals surface area contributed by atoms with Crippen LogP contribution in [-0.2, 0) is 13.5 Å². The third-order valence-corrected chi connectivity index (χ3v) is 6.91. The summed E-state index contributed by atoms with van der Waals surface area (Å²) in [7, 11) is 3.83. The van der Waals surface area contributed by atoms with Gasteiger partial charge >= 0.3 is 0 Å². The van der Waals surface area contributed by atoms with Crippen molar-refractivity contribution in [1.82, 2.24) is 19.7 Å². The van der Waals surface area contributed by atoms with Gasteiger partial charge in [0, 0.05) is 31.6 Å². The number of benzene rings is 1. The fourth-order valence-electron chi connectivity index (χ4n) is 3.40. The first kappa shape index (κ1) is 20.5. The highest BCUT2D eigenvalue weighted by Gasteiger charge is 2.19. The van der Waals surface area contributed by atoms with Gasteiger partial charge in [0.05, 0.1) is 17.1 Å². The van der Waals surface area contributed by atoms with E-state index in [0.29, 0.717) is 6.54 Å². The van der Waals surface area contributed by atoms with Crippen molar-refractivity contribution in [2.24, 2.45) is 7.05 Å². The molecule has 0 bridgehead atoms. The smallest absolute Gasteiger partial charge is 0.265 e. The van der Waals surface area contributed by atoms with Gasteiger partial charge in [-0.1, -0.05) is 30.3 Å². The lowest BCUT2D eigenvalue weighted by Gasteiger charge is -2.16. The largest absolute Gasteiger partial charge is 0.341 e. The van der Waals surface area contributed by atoms with Crippen LogP contribution in [0.2, 0.25) is 0 Å². The van der Waals surface area contributed by atoms with Crippen molar-refractivity contribution in [3.8, 4) is 21.8 Å². The van der Waals surface area contributed by atoms with Crippen LogP contribution in [0.4, 0.5) is 0 Å². The Bertz CT molecular complexity index is 1130. The molecule has 0 saturated carbocycles. The molecule has 0 radical (unpaired) electrons. The number of aryl methyl sites for hydroxylation is 3. The van der Waals surface area contributed by atoms with E-state index in [1.165, 1.54) is 11.3 Å². The third-order valence-electron chi connectivity index (χ3n) is 5.03. The van der Waals surface area contributed by atoms with Crippen molar-refractivity contribution < 1.29 is 4.79 Å². The Morgan fingerprint density at radius 1 is 1.17 bits per heavy atom. The minimum absolute atomic E-state index is 0.0393. The van der Waals surface area contributed by atoms with E-state index in [9.17, 15) is 4.79 Å². The van der Waals surface area contributed by atoms with Gasteiger partial charge in [-0.25, -0.2) is 4.98 Å². The quantitative estimate of drug-likeness (QED) is 0.396. The zero-order valence-electron chi connectivity index (χ0n) is 17.3. The molecule has 0 N–H and O–H groups in total. The monoisotopic (exact) mass is 436 g/mol. The average Bonchev–Trinajstić information content (AvgIpc) is 3.48. The van der Waals surface area contributed by atoms with Crippen molar-refractivity contribution in [2.75, 3.05) is 13.6 Å². The lowest BCUT2D eigenvalue weighted by molar-refractivity contribution is 0.0797. The van der Waals surface area contributed by atoms with E-state index < -0.39 is 0 Å². The van der Waals surface area contributed by atoms with E-state index in [1.807, 2.05) is 55.3 Å². The Labute approximate surface area is 184 Å². The lowest BCUT2D eigenvalue weighted by Crippen LogP contribution is -2.27. The van der Waals surface area contributed by atoms with Crippen LogP contribution in [0.5, 0.6) is 0 Å². The Hall–Kier alpha value is -2.77. The predicted molar refractivity (Wildman–Crippen MR) is 124 cm³/mol. The molecule has 0 aliphatic carbocycles. The van der Waals surface area contributed by atoms with Gasteiger partial charge in [0.2, 0.25) is 0 Å². The van der Waals surface area contributed by atoms with E-state index in [2.05, 4.69) is 33.7 Å². The first-order valence-corrected chi connectivity index (χ1v) is 11.6. The molecule has 0 atom stereocenters. The topological polar surface area (TPSA) is 51.0 Å². The SMILES string of the molecule is Cc1nc(-c2ccsc2)sc1C(=O)N(C)CCCc1cc(-c2ccccc2)n(C)n1. The number of amides is 1. The number of aromatic nitrogens is 3. The lowest BCUT2D eigenvalue weighted by atomic mass is 10.1. The molecule has 1 aromatic carbocycles. The average molecular weight is 437 g/mol. The minimum Gasteiger partial charge on any atom is -0.341 e. The summed E-state index contributed by atoms with van der Waals surface area (Å²) in [6.45, 7) is 2.59. The summed E-state index contributed by atoms with van der Waals surface area (Å²) in [5.41, 5.74) is 5.20. The van der Waals surface area contributed by atoms with Gasteiger partial charge in [0.15, 0.2) is 0 Å². The van der Waals surface area contributed by atoms with Gasteiger partial charge in [-0.05, 0) is 42.8 Å². The number of thiazole rings is 1. The zero-order chi connectivity index (χ0) is 21.1. The molecule has 0 saturated heterocycles. The fourth-order valence-corrected chi connectivity index (χ4v) is 5.18. The zero-order valence-corrected chi connectivity index (χ0v) is 19.0. The van der Waals surface area contributed by atoms with Crippen molar-refractivity contribution in [3.63, 3.8) is 0 Å². The maximum atomic E-state index is 12.9. The van der Waals surface area contributed by atoms with E-state index >= 15 is 0 Å². The second-order valence-electron chi connectivity index (χ2n) is 7.29. The third kappa shape index (κ3) is 4.37. The van der Waals surface area contributed by atoms with E-state index in [1.54, 1.807) is 16.2 Å². The summed E-state index contributed by atoms with van der Waals surface area (Å²) in [5, 5.41) is 9.64. The second-order valence-corrected chi connectivity index (χ2v) is 9.07. The fraction of sp³-hybridized carbons (Fsp3) is 0.261. The Morgan fingerprint density at radius 3 is 2.70 bits per heavy atom. The molecule has 3 aromatic heterocycles. The standard InChI is InChI=1S/C23H24N4OS2/c1-16-21(30-22(24-16)18-11-13-29-15-18)23(28)26(2)12-7-10-19-14-20(27(3)25-19)17-8-5-4-6-9-17/h4-6,8-9,11,13-15H,7,10,12H2,1-3H3. The molecule has 0 fully saturated rings. The van der Waals surface area contributed by atoms with Crippen LogP contribution in [0, 0.1) is 6.92 Å². The van der Waals surface area contributed by atoms with Gasteiger partial charge < -0.3 is 4.90 Å². The molecule has 0 aliphatic heterocycles. The van der Waals surface area contributed by atoms with Gasteiger partial charge in [-0.2, -0.15) is 16.4 Å². The maximum absolute atomic E-state index is 12.9. The van der Waals surface area contributed by atoms with E-state index in [4.69, 9.17) is 0 Å². The van der Waals surface area contributed by atoms with Crippen LogP contribution < -0.4 is 0 Å². The number of thiophene rings is 1. The molecule has 30 heavy (non-hydrogen) atoms. The van der Waals surface area contributed by atoms with Crippen LogP contribution in [-0.4, -0.2) is 39.2 Å². The summed E-state index contributed by atoms with van der Waals surface area (Å²) in [6, 6.07) is 14.4. The van der Waals surface area contributed by atoms with Gasteiger partial charge in [0.1, 0.15) is 9.88 Å². The summed E-state index contributed by atoms with van der Waals surface area (Å²) in [6.07, 6.45) is 1.70. The predicted octanol–water partition coefficient (Wildman–Crippen LogP) is 5.29. The van der Waals surface area contributed by atoms with Crippen molar-refractivity contribution >= 4 is 28.6 Å². The molecule has 7 heteroatoms. The number of hydrogen-bond acceptors (Lipinski definition) is 5. The minimum atomic E-state index is 0.0393. The molecule has 0 unspecified atom stereocenters. The van der Waals surface area contributed by atoms with Crippen molar-refractivity contribution in [3.05, 3.63) is 69.5 Å². The van der Waals surface area contributed by atoms with E-state index in [0.717, 1.165) is 50.9 Å². The van der Waals surface area contributed by atoms with Gasteiger partial charge in [-0.3, -0.25) is 9.48 Å². The maximum Gasteiger partial charge on any atom is 0.265 e. The van der Waals surface area contributed by atoms with Crippen molar-refractivity contribution in [1.29, 1.82) is 0 Å². The summed E-state index contributed by atoms with van der Waals surface area (Å²) < 4.78 is 1.92. The molecule has 4 rings (SSSR count). The van der Waals surface area contributed by atoms with Crippen LogP contribution >= 0.6 is 22.7 Å². The van der Waals surface area contributed by atoms with Crippen LogP contribution in [0.25, 0.3) is 21.8 Å². The highest BCUT2D eigenvalue weighted by atomic mass is 32.1. The first-order valence-electron chi connectivity index (χ1n) is 9.86. The number of nitrogens with zero attached hydrogens (tertiary/aromatic N) is 4. The van der Waals surface area contributed by atoms with Crippen LogP contribution in [0.3, 0.4) is 0 Å². The molecule has 1 amide bonds.